The Bertz CT molecular complexity index is 306. The van der Waals surface area contributed by atoms with Crippen LogP contribution in [0.25, 0.3) is 10.9 Å². The van der Waals surface area contributed by atoms with E-state index in [1.807, 2.05) is 36.4 Å². The van der Waals surface area contributed by atoms with Crippen LogP contribution in [0.1, 0.15) is 5.56 Å². The Labute approximate surface area is 72.4 Å². The van der Waals surface area contributed by atoms with Crippen LogP contribution in [0.15, 0.2) is 36.2 Å². The van der Waals surface area contributed by atoms with Crippen LogP contribution in [-0.4, -0.2) is 7.05 Å². The second-order valence-corrected chi connectivity index (χ2v) is 2.30. The van der Waals surface area contributed by atoms with Crippen molar-refractivity contribution in [1.29, 1.82) is 0 Å². The first-order chi connectivity index (χ1) is 5.86. The van der Waals surface area contributed by atoms with Gasteiger partial charge in [-0.3, -0.25) is 0 Å². The zero-order valence-electron chi connectivity index (χ0n) is 6.91. The summed E-state index contributed by atoms with van der Waals surface area (Å²) in [7, 11) is 1.74. The number of benzene rings is 1. The van der Waals surface area contributed by atoms with Crippen LogP contribution in [0, 0.1) is 6.57 Å². The summed E-state index contributed by atoms with van der Waals surface area (Å²) in [5.41, 5.74) is 1.04. The Hall–Kier alpha value is -1.75. The quantitative estimate of drug-likeness (QED) is 0.652. The topological polar surface area (TPSA) is 16.4 Å². The standard InChI is InChI=1S/C10H10N2/c1-11-10(12-2)8-9-6-4-3-5-7-9/h3-8,11H,1H3/b10-8-. The lowest BCUT2D eigenvalue weighted by Gasteiger charge is -1.96. The molecule has 1 aromatic rings. The van der Waals surface area contributed by atoms with E-state index in [4.69, 9.17) is 6.57 Å². The van der Waals surface area contributed by atoms with Crippen LogP contribution in [0.5, 0.6) is 0 Å². The minimum atomic E-state index is 0.557. The minimum absolute atomic E-state index is 0.557. The molecule has 0 aromatic heterocycles. The van der Waals surface area contributed by atoms with E-state index in [0.717, 1.165) is 5.56 Å². The molecule has 2 heteroatoms. The molecule has 2 nitrogen and oxygen atoms in total. The van der Waals surface area contributed by atoms with Crippen LogP contribution in [0.2, 0.25) is 0 Å². The van der Waals surface area contributed by atoms with Crippen molar-refractivity contribution >= 4 is 6.08 Å². The number of hydrogen-bond acceptors (Lipinski definition) is 1. The van der Waals surface area contributed by atoms with E-state index in [2.05, 4.69) is 10.2 Å². The lowest BCUT2D eigenvalue weighted by molar-refractivity contribution is 1.04. The van der Waals surface area contributed by atoms with Crippen LogP contribution < -0.4 is 5.32 Å². The fraction of sp³-hybridized carbons (Fsp3) is 0.100. The third-order valence-electron chi connectivity index (χ3n) is 1.48. The first-order valence-corrected chi connectivity index (χ1v) is 3.69. The van der Waals surface area contributed by atoms with E-state index < -0.39 is 0 Å². The predicted molar refractivity (Wildman–Crippen MR) is 50.1 cm³/mol. The Morgan fingerprint density at radius 2 is 2.08 bits per heavy atom. The van der Waals surface area contributed by atoms with E-state index in [0.29, 0.717) is 5.82 Å². The van der Waals surface area contributed by atoms with Gasteiger partial charge in [0.25, 0.3) is 0 Å². The Morgan fingerprint density at radius 1 is 1.42 bits per heavy atom. The Balaban J connectivity index is 2.88. The molecule has 60 valence electrons. The molecule has 0 aliphatic rings. The lowest BCUT2D eigenvalue weighted by Crippen LogP contribution is -2.00. The normalized spacial score (nSPS) is 10.5. The lowest BCUT2D eigenvalue weighted by atomic mass is 10.2. The Morgan fingerprint density at radius 3 is 2.58 bits per heavy atom. The van der Waals surface area contributed by atoms with Crippen LogP contribution in [-0.2, 0) is 0 Å². The highest BCUT2D eigenvalue weighted by Crippen LogP contribution is 2.04. The van der Waals surface area contributed by atoms with Gasteiger partial charge in [-0.15, -0.1) is 0 Å². The van der Waals surface area contributed by atoms with Crippen molar-refractivity contribution in [3.05, 3.63) is 53.1 Å². The average Bonchev–Trinajstić information content (AvgIpc) is 2.16. The highest BCUT2D eigenvalue weighted by molar-refractivity contribution is 5.53. The van der Waals surface area contributed by atoms with E-state index in [1.54, 1.807) is 7.05 Å². The largest absolute Gasteiger partial charge is 0.365 e. The molecule has 0 fully saturated rings. The van der Waals surface area contributed by atoms with Crippen LogP contribution in [0.4, 0.5) is 0 Å². The maximum atomic E-state index is 6.80. The predicted octanol–water partition coefficient (Wildman–Crippen LogP) is 2.12. The molecule has 0 aliphatic heterocycles. The summed E-state index contributed by atoms with van der Waals surface area (Å²) >= 11 is 0. The SMILES string of the molecule is [C-]#[N+]/C(=C\c1ccccc1)NC. The zero-order chi connectivity index (χ0) is 8.81. The van der Waals surface area contributed by atoms with Gasteiger partial charge < -0.3 is 10.2 Å². The molecule has 1 rings (SSSR count). The monoisotopic (exact) mass is 158 g/mol. The number of nitrogens with zero attached hydrogens (tertiary/aromatic N) is 1. The second-order valence-electron chi connectivity index (χ2n) is 2.30. The molecule has 0 unspecified atom stereocenters. The summed E-state index contributed by atoms with van der Waals surface area (Å²) in [5, 5.41) is 2.81. The molecule has 1 aromatic carbocycles. The highest BCUT2D eigenvalue weighted by atomic mass is 15.0. The van der Waals surface area contributed by atoms with Crippen LogP contribution in [0.3, 0.4) is 0 Å². The maximum absolute atomic E-state index is 6.80. The minimum Gasteiger partial charge on any atom is -0.365 e. The first-order valence-electron chi connectivity index (χ1n) is 3.69. The van der Waals surface area contributed by atoms with Gasteiger partial charge >= 0.3 is 0 Å². The number of nitrogens with one attached hydrogen (secondary N) is 1. The highest BCUT2D eigenvalue weighted by Gasteiger charge is 1.88. The summed E-state index contributed by atoms with van der Waals surface area (Å²) in [6, 6.07) is 9.77. The van der Waals surface area contributed by atoms with Gasteiger partial charge in [0, 0.05) is 0 Å². The second kappa shape index (κ2) is 4.20. The molecule has 0 saturated heterocycles. The van der Waals surface area contributed by atoms with Crippen LogP contribution >= 0.6 is 0 Å². The van der Waals surface area contributed by atoms with Gasteiger partial charge in [0.2, 0.25) is 5.82 Å². The fourth-order valence-corrected chi connectivity index (χ4v) is 0.867. The van der Waals surface area contributed by atoms with Gasteiger partial charge in [-0.25, -0.2) is 0 Å². The summed E-state index contributed by atoms with van der Waals surface area (Å²) in [4.78, 5) is 3.30. The van der Waals surface area contributed by atoms with Crippen molar-refractivity contribution in [2.75, 3.05) is 7.05 Å². The van der Waals surface area contributed by atoms with Gasteiger partial charge in [-0.2, -0.15) is 0 Å². The Kier molecular flexibility index (Phi) is 2.92. The molecule has 12 heavy (non-hydrogen) atoms. The van der Waals surface area contributed by atoms with Crippen molar-refractivity contribution in [3.8, 4) is 0 Å². The van der Waals surface area contributed by atoms with E-state index >= 15 is 0 Å². The molecule has 0 spiro atoms. The summed E-state index contributed by atoms with van der Waals surface area (Å²) in [6.45, 7) is 6.80. The van der Waals surface area contributed by atoms with Crippen molar-refractivity contribution in [3.63, 3.8) is 0 Å². The molecule has 0 bridgehead atoms. The molecule has 0 heterocycles. The summed E-state index contributed by atoms with van der Waals surface area (Å²) < 4.78 is 0. The van der Waals surface area contributed by atoms with Crippen molar-refractivity contribution < 1.29 is 0 Å². The van der Waals surface area contributed by atoms with Crippen molar-refractivity contribution in [1.82, 2.24) is 5.32 Å². The molecule has 0 radical (unpaired) electrons. The average molecular weight is 158 g/mol. The first kappa shape index (κ1) is 8.35. The molecule has 1 N–H and O–H groups in total. The molecular weight excluding hydrogens is 148 g/mol. The molecule has 0 atom stereocenters. The molecule has 0 saturated carbocycles. The van der Waals surface area contributed by atoms with E-state index in [1.165, 1.54) is 0 Å². The maximum Gasteiger partial charge on any atom is 0.223 e. The van der Waals surface area contributed by atoms with Crippen molar-refractivity contribution in [2.24, 2.45) is 0 Å². The summed E-state index contributed by atoms with van der Waals surface area (Å²) in [6.07, 6.45) is 1.81. The molecule has 0 amide bonds. The van der Waals surface area contributed by atoms with Gasteiger partial charge in [-0.1, -0.05) is 36.9 Å². The third-order valence-corrected chi connectivity index (χ3v) is 1.48. The van der Waals surface area contributed by atoms with Gasteiger partial charge in [0.15, 0.2) is 0 Å². The third kappa shape index (κ3) is 2.14. The molecule has 0 aliphatic carbocycles. The van der Waals surface area contributed by atoms with Gasteiger partial charge in [0.1, 0.15) is 0 Å². The smallest absolute Gasteiger partial charge is 0.223 e. The summed E-state index contributed by atoms with van der Waals surface area (Å²) in [5.74, 6) is 0.557. The van der Waals surface area contributed by atoms with E-state index in [-0.39, 0.29) is 0 Å². The number of hydrogen-bond donors (Lipinski definition) is 1. The molecular formula is C10H10N2. The van der Waals surface area contributed by atoms with E-state index in [9.17, 15) is 0 Å². The van der Waals surface area contributed by atoms with Gasteiger partial charge in [-0.05, 0) is 11.6 Å². The zero-order valence-corrected chi connectivity index (χ0v) is 6.91. The fourth-order valence-electron chi connectivity index (χ4n) is 0.867. The van der Waals surface area contributed by atoms with Gasteiger partial charge in [0.05, 0.1) is 7.05 Å². The van der Waals surface area contributed by atoms with Crippen molar-refractivity contribution in [2.45, 2.75) is 0 Å². The number of rotatable bonds is 2.